The molecule has 0 atom stereocenters. The average Bonchev–Trinajstić information content (AvgIpc) is 2.38. The third-order valence-corrected chi connectivity index (χ3v) is 3.38. The first-order valence-electron chi connectivity index (χ1n) is 6.49. The van der Waals surface area contributed by atoms with Crippen molar-refractivity contribution in [2.24, 2.45) is 0 Å². The molecular formula is C14H15F3O3. The highest BCUT2D eigenvalue weighted by Crippen LogP contribution is 2.34. The van der Waals surface area contributed by atoms with E-state index in [0.717, 1.165) is 44.2 Å². The molecule has 0 unspecified atom stereocenters. The quantitative estimate of drug-likeness (QED) is 0.910. The number of hydrogen-bond acceptors (Lipinski definition) is 2. The highest BCUT2D eigenvalue weighted by Gasteiger charge is 2.35. The zero-order valence-corrected chi connectivity index (χ0v) is 10.7. The van der Waals surface area contributed by atoms with Crippen molar-refractivity contribution in [3.05, 3.63) is 29.3 Å². The molecule has 110 valence electrons. The molecule has 1 saturated carbocycles. The molecule has 0 amide bonds. The van der Waals surface area contributed by atoms with Crippen molar-refractivity contribution in [2.45, 2.75) is 44.4 Å². The van der Waals surface area contributed by atoms with E-state index in [2.05, 4.69) is 0 Å². The molecule has 0 spiro atoms. The third kappa shape index (κ3) is 3.43. The highest BCUT2D eigenvalue weighted by atomic mass is 19.4. The summed E-state index contributed by atoms with van der Waals surface area (Å²) in [6.45, 7) is 0. The molecule has 6 heteroatoms. The van der Waals surface area contributed by atoms with Gasteiger partial charge in [0.05, 0.1) is 17.2 Å². The Balaban J connectivity index is 2.23. The van der Waals surface area contributed by atoms with Crippen LogP contribution in [0.15, 0.2) is 18.2 Å². The van der Waals surface area contributed by atoms with Crippen molar-refractivity contribution >= 4 is 5.97 Å². The zero-order chi connectivity index (χ0) is 14.8. The van der Waals surface area contributed by atoms with Gasteiger partial charge in [-0.05, 0) is 43.9 Å². The predicted octanol–water partition coefficient (Wildman–Crippen LogP) is 4.12. The van der Waals surface area contributed by atoms with Gasteiger partial charge in [0.2, 0.25) is 0 Å². The van der Waals surface area contributed by atoms with Crippen molar-refractivity contribution in [1.29, 1.82) is 0 Å². The Labute approximate surface area is 114 Å². The Bertz CT molecular complexity index is 491. The Morgan fingerprint density at radius 1 is 1.20 bits per heavy atom. The maximum Gasteiger partial charge on any atom is 0.417 e. The first kappa shape index (κ1) is 14.7. The number of alkyl halides is 3. The first-order chi connectivity index (χ1) is 9.38. The number of ether oxygens (including phenoxy) is 1. The summed E-state index contributed by atoms with van der Waals surface area (Å²) in [7, 11) is 0. The molecule has 3 nitrogen and oxygen atoms in total. The maximum atomic E-state index is 12.7. The van der Waals surface area contributed by atoms with Crippen molar-refractivity contribution in [2.75, 3.05) is 0 Å². The molecule has 0 saturated heterocycles. The summed E-state index contributed by atoms with van der Waals surface area (Å²) in [6.07, 6.45) is 0.160. The van der Waals surface area contributed by atoms with Gasteiger partial charge in [-0.1, -0.05) is 6.42 Å². The molecule has 0 bridgehead atoms. The number of rotatable bonds is 3. The van der Waals surface area contributed by atoms with Crippen LogP contribution in [0.3, 0.4) is 0 Å². The summed E-state index contributed by atoms with van der Waals surface area (Å²) in [5.74, 6) is -1.42. The monoisotopic (exact) mass is 288 g/mol. The molecule has 1 aromatic rings. The molecule has 0 heterocycles. The Morgan fingerprint density at radius 3 is 2.40 bits per heavy atom. The molecule has 0 aromatic heterocycles. The Morgan fingerprint density at radius 2 is 1.85 bits per heavy atom. The minimum Gasteiger partial charge on any atom is -0.490 e. The fourth-order valence-electron chi connectivity index (χ4n) is 2.40. The second kappa shape index (κ2) is 5.73. The van der Waals surface area contributed by atoms with Crippen LogP contribution in [0.5, 0.6) is 5.75 Å². The van der Waals surface area contributed by atoms with Gasteiger partial charge in [-0.2, -0.15) is 13.2 Å². The SMILES string of the molecule is O=C(O)c1cc(OC2CCCCC2)ccc1C(F)(F)F. The third-order valence-electron chi connectivity index (χ3n) is 3.38. The molecule has 0 radical (unpaired) electrons. The van der Waals surface area contributed by atoms with Crippen molar-refractivity contribution < 1.29 is 27.8 Å². The van der Waals surface area contributed by atoms with E-state index in [4.69, 9.17) is 9.84 Å². The largest absolute Gasteiger partial charge is 0.490 e. The summed E-state index contributed by atoms with van der Waals surface area (Å²) in [4.78, 5) is 11.0. The zero-order valence-electron chi connectivity index (χ0n) is 10.7. The lowest BCUT2D eigenvalue weighted by atomic mass is 9.97. The van der Waals surface area contributed by atoms with Gasteiger partial charge in [0, 0.05) is 0 Å². The van der Waals surface area contributed by atoms with Gasteiger partial charge in [-0.3, -0.25) is 0 Å². The minimum absolute atomic E-state index is 0.0397. The van der Waals surface area contributed by atoms with Crippen LogP contribution in [0.4, 0.5) is 13.2 Å². The highest BCUT2D eigenvalue weighted by molar-refractivity contribution is 5.90. The molecule has 2 rings (SSSR count). The molecule has 0 aliphatic heterocycles. The fraction of sp³-hybridized carbons (Fsp3) is 0.500. The molecule has 1 N–H and O–H groups in total. The van der Waals surface area contributed by atoms with E-state index in [0.29, 0.717) is 0 Å². The van der Waals surface area contributed by atoms with Gasteiger partial charge in [0.15, 0.2) is 0 Å². The summed E-state index contributed by atoms with van der Waals surface area (Å²) in [6, 6.07) is 2.91. The number of aromatic carboxylic acids is 1. The summed E-state index contributed by atoms with van der Waals surface area (Å²) in [5, 5.41) is 8.90. The van der Waals surface area contributed by atoms with Crippen molar-refractivity contribution in [3.8, 4) is 5.75 Å². The van der Waals surface area contributed by atoms with Crippen LogP contribution in [0.1, 0.15) is 48.0 Å². The van der Waals surface area contributed by atoms with Gasteiger partial charge >= 0.3 is 12.1 Å². The van der Waals surface area contributed by atoms with Crippen LogP contribution in [0, 0.1) is 0 Å². The van der Waals surface area contributed by atoms with E-state index in [1.54, 1.807) is 0 Å². The lowest BCUT2D eigenvalue weighted by Crippen LogP contribution is -2.20. The second-order valence-corrected chi connectivity index (χ2v) is 4.89. The fourth-order valence-corrected chi connectivity index (χ4v) is 2.40. The van der Waals surface area contributed by atoms with Crippen molar-refractivity contribution in [3.63, 3.8) is 0 Å². The van der Waals surface area contributed by atoms with E-state index >= 15 is 0 Å². The van der Waals surface area contributed by atoms with Crippen LogP contribution in [-0.4, -0.2) is 17.2 Å². The van der Waals surface area contributed by atoms with E-state index in [1.165, 1.54) is 6.07 Å². The Hall–Kier alpha value is -1.72. The van der Waals surface area contributed by atoms with Gasteiger partial charge in [0.1, 0.15) is 5.75 Å². The summed E-state index contributed by atoms with van der Waals surface area (Å²) >= 11 is 0. The second-order valence-electron chi connectivity index (χ2n) is 4.89. The van der Waals surface area contributed by atoms with Gasteiger partial charge in [0.25, 0.3) is 0 Å². The average molecular weight is 288 g/mol. The maximum absolute atomic E-state index is 12.7. The number of halogens is 3. The van der Waals surface area contributed by atoms with Crippen LogP contribution in [0.25, 0.3) is 0 Å². The predicted molar refractivity (Wildman–Crippen MR) is 65.9 cm³/mol. The number of benzene rings is 1. The Kier molecular flexibility index (Phi) is 4.20. The molecule has 20 heavy (non-hydrogen) atoms. The number of carboxylic acids is 1. The van der Waals surface area contributed by atoms with Crippen molar-refractivity contribution in [1.82, 2.24) is 0 Å². The summed E-state index contributed by atoms with van der Waals surface area (Å²) in [5.41, 5.74) is -1.92. The number of hydrogen-bond donors (Lipinski definition) is 1. The lowest BCUT2D eigenvalue weighted by molar-refractivity contribution is -0.138. The topological polar surface area (TPSA) is 46.5 Å². The molecule has 1 aromatic carbocycles. The van der Waals surface area contributed by atoms with E-state index in [1.807, 2.05) is 0 Å². The number of carbonyl (C=O) groups is 1. The molecular weight excluding hydrogens is 273 g/mol. The lowest BCUT2D eigenvalue weighted by Gasteiger charge is -2.23. The van der Waals surface area contributed by atoms with Crippen LogP contribution < -0.4 is 4.74 Å². The van der Waals surface area contributed by atoms with Gasteiger partial charge in [-0.25, -0.2) is 4.79 Å². The van der Waals surface area contributed by atoms with E-state index in [9.17, 15) is 18.0 Å². The molecule has 1 fully saturated rings. The standard InChI is InChI=1S/C14H15F3O3/c15-14(16,17)12-7-6-10(8-11(12)13(18)19)20-9-4-2-1-3-5-9/h6-9H,1-5H2,(H,18,19). The number of carboxylic acid groups (broad SMARTS) is 1. The summed E-state index contributed by atoms with van der Waals surface area (Å²) < 4.78 is 43.7. The van der Waals surface area contributed by atoms with Gasteiger partial charge in [-0.15, -0.1) is 0 Å². The van der Waals surface area contributed by atoms with Crippen LogP contribution in [0.2, 0.25) is 0 Å². The van der Waals surface area contributed by atoms with E-state index in [-0.39, 0.29) is 11.9 Å². The molecule has 1 aliphatic rings. The smallest absolute Gasteiger partial charge is 0.417 e. The normalized spacial score (nSPS) is 16.9. The minimum atomic E-state index is -4.68. The van der Waals surface area contributed by atoms with Gasteiger partial charge < -0.3 is 9.84 Å². The van der Waals surface area contributed by atoms with E-state index < -0.39 is 23.3 Å². The molecule has 1 aliphatic carbocycles. The first-order valence-corrected chi connectivity index (χ1v) is 6.49. The van der Waals surface area contributed by atoms with Crippen LogP contribution >= 0.6 is 0 Å². The van der Waals surface area contributed by atoms with Crippen LogP contribution in [-0.2, 0) is 6.18 Å².